The molecule has 9 heteroatoms. The Kier molecular flexibility index (Phi) is 4.61. The van der Waals surface area contributed by atoms with Gasteiger partial charge in [-0.15, -0.1) is 0 Å². The van der Waals surface area contributed by atoms with E-state index in [-0.39, 0.29) is 12.0 Å². The van der Waals surface area contributed by atoms with Crippen LogP contribution in [0.3, 0.4) is 0 Å². The Balaban J connectivity index is 1.79. The number of hydrogen-bond acceptors (Lipinski definition) is 7. The number of aromatic nitrogens is 2. The number of nitrogens with zero attached hydrogens (tertiary/aromatic N) is 3. The SMILES string of the molecule is CC1(C)OB(c2cnc(N(C(=O)C(O)CO)C3CC3)nc2)OC1(C)C. The highest BCUT2D eigenvalue weighted by Gasteiger charge is 2.52. The Hall–Kier alpha value is -1.55. The largest absolute Gasteiger partial charge is 0.498 e. The van der Waals surface area contributed by atoms with Crippen LogP contribution in [-0.4, -0.2) is 63.2 Å². The summed E-state index contributed by atoms with van der Waals surface area (Å²) in [4.78, 5) is 22.1. The van der Waals surface area contributed by atoms with Crippen molar-refractivity contribution in [2.24, 2.45) is 0 Å². The van der Waals surface area contributed by atoms with Gasteiger partial charge in [-0.1, -0.05) is 0 Å². The summed E-state index contributed by atoms with van der Waals surface area (Å²) in [5, 5.41) is 18.7. The van der Waals surface area contributed by atoms with E-state index in [1.807, 2.05) is 27.7 Å². The number of carbonyl (C=O) groups excluding carboxylic acids is 1. The molecular weight excluding hydrogens is 325 g/mol. The Morgan fingerprint density at radius 1 is 1.28 bits per heavy atom. The van der Waals surface area contributed by atoms with E-state index in [1.54, 1.807) is 12.4 Å². The van der Waals surface area contributed by atoms with E-state index in [1.165, 1.54) is 4.90 Å². The van der Waals surface area contributed by atoms with Gasteiger partial charge in [0, 0.05) is 23.9 Å². The molecule has 2 heterocycles. The van der Waals surface area contributed by atoms with E-state index < -0.39 is 36.9 Å². The lowest BCUT2D eigenvalue weighted by Crippen LogP contribution is -2.44. The standard InChI is InChI=1S/C16H24BN3O5/c1-15(2)16(3,4)25-17(24-15)10-7-18-14(19-8-10)20(11-5-6-11)13(23)12(22)9-21/h7-8,11-12,21-22H,5-6,9H2,1-4H3. The van der Waals surface area contributed by atoms with Gasteiger partial charge in [0.15, 0.2) is 6.10 Å². The fraction of sp³-hybridized carbons (Fsp3) is 0.688. The predicted octanol–water partition coefficient (Wildman–Crippen LogP) is -0.376. The van der Waals surface area contributed by atoms with Gasteiger partial charge in [-0.3, -0.25) is 9.69 Å². The molecule has 1 amide bonds. The zero-order chi connectivity index (χ0) is 18.4. The highest BCUT2D eigenvalue weighted by molar-refractivity contribution is 6.61. The van der Waals surface area contributed by atoms with Crippen LogP contribution in [0.1, 0.15) is 40.5 Å². The lowest BCUT2D eigenvalue weighted by Gasteiger charge is -2.32. The van der Waals surface area contributed by atoms with E-state index in [0.29, 0.717) is 5.46 Å². The van der Waals surface area contributed by atoms with E-state index in [4.69, 9.17) is 14.4 Å². The zero-order valence-electron chi connectivity index (χ0n) is 15.0. The van der Waals surface area contributed by atoms with Crippen molar-refractivity contribution >= 4 is 24.4 Å². The Morgan fingerprint density at radius 3 is 2.24 bits per heavy atom. The van der Waals surface area contributed by atoms with Crippen molar-refractivity contribution in [3.63, 3.8) is 0 Å². The topological polar surface area (TPSA) is 105 Å². The summed E-state index contributed by atoms with van der Waals surface area (Å²) >= 11 is 0. The highest BCUT2D eigenvalue weighted by Crippen LogP contribution is 2.36. The van der Waals surface area contributed by atoms with Crippen LogP contribution >= 0.6 is 0 Å². The van der Waals surface area contributed by atoms with Gasteiger partial charge >= 0.3 is 7.12 Å². The molecule has 0 spiro atoms. The molecule has 1 saturated carbocycles. The molecule has 8 nitrogen and oxygen atoms in total. The zero-order valence-corrected chi connectivity index (χ0v) is 15.0. The first kappa shape index (κ1) is 18.3. The average Bonchev–Trinajstić information content (AvgIpc) is 3.35. The lowest BCUT2D eigenvalue weighted by molar-refractivity contribution is -0.128. The van der Waals surface area contributed by atoms with E-state index in [9.17, 15) is 9.90 Å². The van der Waals surface area contributed by atoms with Crippen molar-refractivity contribution in [3.8, 4) is 0 Å². The summed E-state index contributed by atoms with van der Waals surface area (Å²) in [6.45, 7) is 7.23. The van der Waals surface area contributed by atoms with Crippen LogP contribution in [0, 0.1) is 0 Å². The second-order valence-electron chi connectivity index (χ2n) is 7.54. The fourth-order valence-electron chi connectivity index (χ4n) is 2.57. The van der Waals surface area contributed by atoms with Crippen LogP contribution in [0.5, 0.6) is 0 Å². The van der Waals surface area contributed by atoms with Gasteiger partial charge in [0.1, 0.15) is 0 Å². The minimum absolute atomic E-state index is 0.0311. The van der Waals surface area contributed by atoms with Crippen LogP contribution in [0.4, 0.5) is 5.95 Å². The van der Waals surface area contributed by atoms with Gasteiger partial charge in [-0.05, 0) is 40.5 Å². The van der Waals surface area contributed by atoms with Gasteiger partial charge in [-0.2, -0.15) is 0 Å². The number of carbonyl (C=O) groups is 1. The van der Waals surface area contributed by atoms with Gasteiger partial charge in [-0.25, -0.2) is 9.97 Å². The number of hydrogen-bond donors (Lipinski definition) is 2. The molecule has 1 aliphatic carbocycles. The third-order valence-corrected chi connectivity index (χ3v) is 5.01. The molecule has 2 fully saturated rings. The maximum atomic E-state index is 12.3. The molecule has 1 aliphatic heterocycles. The molecule has 2 aliphatic rings. The Bertz CT molecular complexity index is 632. The average molecular weight is 349 g/mol. The van der Waals surface area contributed by atoms with Gasteiger partial charge < -0.3 is 19.5 Å². The predicted molar refractivity (Wildman–Crippen MR) is 91.3 cm³/mol. The maximum Gasteiger partial charge on any atom is 0.498 e. The molecule has 0 radical (unpaired) electrons. The lowest BCUT2D eigenvalue weighted by atomic mass is 9.81. The van der Waals surface area contributed by atoms with Gasteiger partial charge in [0.25, 0.3) is 5.91 Å². The summed E-state index contributed by atoms with van der Waals surface area (Å²) in [5.41, 5.74) is -0.261. The third-order valence-electron chi connectivity index (χ3n) is 5.01. The maximum absolute atomic E-state index is 12.3. The number of anilines is 1. The summed E-state index contributed by atoms with van der Waals surface area (Å²) in [7, 11) is -0.577. The minimum Gasteiger partial charge on any atom is -0.399 e. The van der Waals surface area contributed by atoms with Crippen LogP contribution in [0.15, 0.2) is 12.4 Å². The number of rotatable bonds is 5. The molecule has 1 unspecified atom stereocenters. The Labute approximate surface area is 147 Å². The quantitative estimate of drug-likeness (QED) is 0.699. The summed E-state index contributed by atoms with van der Waals surface area (Å²) in [6.07, 6.45) is 3.32. The summed E-state index contributed by atoms with van der Waals surface area (Å²) in [6, 6.07) is -0.0311. The first-order valence-electron chi connectivity index (χ1n) is 8.46. The fourth-order valence-corrected chi connectivity index (χ4v) is 2.57. The van der Waals surface area contributed by atoms with E-state index >= 15 is 0 Å². The molecule has 1 aromatic heterocycles. The van der Waals surface area contributed by atoms with Crippen molar-refractivity contribution in [3.05, 3.63) is 12.4 Å². The smallest absolute Gasteiger partial charge is 0.399 e. The molecule has 2 N–H and O–H groups in total. The van der Waals surface area contributed by atoms with Crippen LogP contribution in [0.2, 0.25) is 0 Å². The van der Waals surface area contributed by atoms with Crippen LogP contribution in [0.25, 0.3) is 0 Å². The van der Waals surface area contributed by atoms with Gasteiger partial charge in [0.2, 0.25) is 5.95 Å². The van der Waals surface area contributed by atoms with Crippen LogP contribution in [-0.2, 0) is 14.1 Å². The monoisotopic (exact) mass is 349 g/mol. The molecule has 1 aromatic rings. The van der Waals surface area contributed by atoms with E-state index in [2.05, 4.69) is 9.97 Å². The molecule has 1 saturated heterocycles. The summed E-state index contributed by atoms with van der Waals surface area (Å²) in [5.74, 6) is -0.381. The molecule has 3 rings (SSSR count). The number of amides is 1. The first-order valence-corrected chi connectivity index (χ1v) is 8.46. The molecule has 136 valence electrons. The van der Waals surface area contributed by atoms with Crippen molar-refractivity contribution in [1.29, 1.82) is 0 Å². The Morgan fingerprint density at radius 2 is 1.80 bits per heavy atom. The second-order valence-corrected chi connectivity index (χ2v) is 7.54. The first-order chi connectivity index (χ1) is 11.7. The molecule has 1 atom stereocenters. The highest BCUT2D eigenvalue weighted by atomic mass is 16.7. The van der Waals surface area contributed by atoms with Crippen molar-refractivity contribution in [2.75, 3.05) is 11.5 Å². The molecule has 0 aromatic carbocycles. The molecule has 0 bridgehead atoms. The summed E-state index contributed by atoms with van der Waals surface area (Å²) < 4.78 is 11.9. The second kappa shape index (κ2) is 6.32. The minimum atomic E-state index is -1.47. The van der Waals surface area contributed by atoms with Crippen molar-refractivity contribution in [1.82, 2.24) is 9.97 Å². The molecular formula is C16H24BN3O5. The van der Waals surface area contributed by atoms with Crippen molar-refractivity contribution in [2.45, 2.75) is 63.9 Å². The number of aliphatic hydroxyl groups excluding tert-OH is 2. The normalized spacial score (nSPS) is 22.7. The molecule has 25 heavy (non-hydrogen) atoms. The van der Waals surface area contributed by atoms with Crippen molar-refractivity contribution < 1.29 is 24.3 Å². The van der Waals surface area contributed by atoms with Gasteiger partial charge in [0.05, 0.1) is 17.8 Å². The van der Waals surface area contributed by atoms with E-state index in [0.717, 1.165) is 12.8 Å². The number of aliphatic hydroxyl groups is 2. The van der Waals surface area contributed by atoms with Crippen LogP contribution < -0.4 is 10.4 Å². The third kappa shape index (κ3) is 3.41.